The molecule has 0 bridgehead atoms. The van der Waals surface area contributed by atoms with E-state index in [0.717, 1.165) is 31.2 Å². The zero-order valence-electron chi connectivity index (χ0n) is 23.4. The Morgan fingerprint density at radius 2 is 1.80 bits per heavy atom. The van der Waals surface area contributed by atoms with Gasteiger partial charge in [0.2, 0.25) is 0 Å². The van der Waals surface area contributed by atoms with Crippen molar-refractivity contribution >= 4 is 62.6 Å². The van der Waals surface area contributed by atoms with Crippen molar-refractivity contribution in [2.24, 2.45) is 5.10 Å². The molecular weight excluding hydrogens is 693 g/mol. The van der Waals surface area contributed by atoms with E-state index >= 15 is 0 Å². The molecule has 12 heteroatoms. The average molecular weight is 720 g/mol. The summed E-state index contributed by atoms with van der Waals surface area (Å²) in [4.78, 5) is 27.8. The summed E-state index contributed by atoms with van der Waals surface area (Å²) in [5.41, 5.74) is 7.23. The van der Waals surface area contributed by atoms with E-state index in [0.29, 0.717) is 29.2 Å². The predicted octanol–water partition coefficient (Wildman–Crippen LogP) is 7.81. The minimum absolute atomic E-state index is 0.0211. The van der Waals surface area contributed by atoms with Crippen molar-refractivity contribution in [3.63, 3.8) is 0 Å². The lowest BCUT2D eigenvalue weighted by molar-refractivity contribution is -0.384. The molecule has 10 nitrogen and oxygen atoms in total. The smallest absolute Gasteiger partial charge is 0.271 e. The number of nitrogens with one attached hydrogen (secondary N) is 2. The number of non-ortho nitro benzene ring substituents is 1. The van der Waals surface area contributed by atoms with Crippen molar-refractivity contribution in [1.82, 2.24) is 10.4 Å². The third kappa shape index (κ3) is 7.96. The van der Waals surface area contributed by atoms with Crippen molar-refractivity contribution in [2.75, 3.05) is 11.9 Å². The van der Waals surface area contributed by atoms with Gasteiger partial charge in [0, 0.05) is 34.3 Å². The van der Waals surface area contributed by atoms with Crippen LogP contribution in [0.15, 0.2) is 101 Å². The normalized spacial score (nSPS) is 10.9. The fourth-order valence-corrected chi connectivity index (χ4v) is 5.59. The van der Waals surface area contributed by atoms with E-state index in [1.807, 2.05) is 60.8 Å². The van der Waals surface area contributed by atoms with Crippen LogP contribution in [-0.2, 0) is 6.61 Å². The van der Waals surface area contributed by atoms with Crippen LogP contribution < -0.4 is 20.2 Å². The van der Waals surface area contributed by atoms with Gasteiger partial charge in [-0.25, -0.2) is 10.4 Å². The number of thiazole rings is 1. The molecule has 4 aromatic carbocycles. The summed E-state index contributed by atoms with van der Waals surface area (Å²) in [6.45, 7) is 2.50. The van der Waals surface area contributed by atoms with Crippen molar-refractivity contribution in [2.45, 2.75) is 13.5 Å². The number of hydrogen-bond donors (Lipinski definition) is 2. The minimum atomic E-state index is -0.441. The number of rotatable bonds is 12. The fourth-order valence-electron chi connectivity index (χ4n) is 4.07. The Labute approximate surface area is 271 Å². The number of hydrogen-bond acceptors (Lipinski definition) is 9. The highest BCUT2D eigenvalue weighted by molar-refractivity contribution is 14.1. The molecule has 5 rings (SSSR count). The number of amides is 1. The molecule has 0 atom stereocenters. The first-order chi connectivity index (χ1) is 21.4. The molecule has 222 valence electrons. The van der Waals surface area contributed by atoms with Crippen molar-refractivity contribution in [3.8, 4) is 22.8 Å². The number of para-hydroxylation sites is 1. The van der Waals surface area contributed by atoms with Gasteiger partial charge in [-0.1, -0.05) is 30.3 Å². The largest absolute Gasteiger partial charge is 0.490 e. The highest BCUT2D eigenvalue weighted by Crippen LogP contribution is 2.35. The molecule has 0 aliphatic rings. The van der Waals surface area contributed by atoms with E-state index in [9.17, 15) is 14.9 Å². The number of ether oxygens (including phenoxy) is 2. The van der Waals surface area contributed by atoms with Crippen LogP contribution in [0, 0.1) is 13.7 Å². The molecule has 1 amide bonds. The molecule has 0 spiro atoms. The van der Waals surface area contributed by atoms with Crippen LogP contribution in [-0.4, -0.2) is 28.6 Å². The predicted molar refractivity (Wildman–Crippen MR) is 180 cm³/mol. The van der Waals surface area contributed by atoms with E-state index in [1.165, 1.54) is 29.7 Å². The van der Waals surface area contributed by atoms with Crippen LogP contribution in [0.4, 0.5) is 16.5 Å². The van der Waals surface area contributed by atoms with Crippen LogP contribution >= 0.6 is 33.9 Å². The Bertz CT molecular complexity index is 1780. The molecule has 0 unspecified atom stereocenters. The molecule has 0 fully saturated rings. The molecular formula is C32H26IN5O5S. The zero-order chi connectivity index (χ0) is 30.9. The second-order valence-electron chi connectivity index (χ2n) is 9.28. The lowest BCUT2D eigenvalue weighted by Gasteiger charge is -2.14. The second kappa shape index (κ2) is 14.6. The maximum atomic E-state index is 12.7. The van der Waals surface area contributed by atoms with Crippen LogP contribution in [0.3, 0.4) is 0 Å². The molecule has 1 aromatic heterocycles. The summed E-state index contributed by atoms with van der Waals surface area (Å²) in [7, 11) is 0. The number of anilines is 2. The zero-order valence-corrected chi connectivity index (χ0v) is 26.4. The van der Waals surface area contributed by atoms with Crippen molar-refractivity contribution in [1.29, 1.82) is 0 Å². The van der Waals surface area contributed by atoms with Gasteiger partial charge in [0.15, 0.2) is 16.6 Å². The third-order valence-corrected chi connectivity index (χ3v) is 7.77. The topological polar surface area (TPSA) is 128 Å². The number of aromatic nitrogens is 1. The number of nitro groups is 1. The molecule has 2 N–H and O–H groups in total. The summed E-state index contributed by atoms with van der Waals surface area (Å²) < 4.78 is 12.6. The van der Waals surface area contributed by atoms with Crippen LogP contribution in [0.25, 0.3) is 11.3 Å². The maximum absolute atomic E-state index is 12.7. The highest BCUT2D eigenvalue weighted by Gasteiger charge is 2.13. The Kier molecular flexibility index (Phi) is 10.1. The summed E-state index contributed by atoms with van der Waals surface area (Å²) in [6.07, 6.45) is 1.54. The first-order valence-corrected chi connectivity index (χ1v) is 15.4. The van der Waals surface area contributed by atoms with Crippen LogP contribution in [0.5, 0.6) is 11.5 Å². The molecule has 44 heavy (non-hydrogen) atoms. The standard InChI is InChI=1S/C32H26IN5O5S/c1-2-42-29-17-22(16-27(33)30(29)43-19-21-8-14-26(15-9-21)38(40)41)18-34-37-31(39)24-12-10-23(11-13-24)28-20-44-32(36-28)35-25-6-4-3-5-7-25/h3-18,20H,2,19H2,1H3,(H,35,36)(H,37,39)/b34-18-. The Morgan fingerprint density at radius 1 is 1.05 bits per heavy atom. The van der Waals surface area contributed by atoms with E-state index in [-0.39, 0.29) is 18.2 Å². The Morgan fingerprint density at radius 3 is 2.50 bits per heavy atom. The first-order valence-electron chi connectivity index (χ1n) is 13.4. The van der Waals surface area contributed by atoms with Crippen molar-refractivity contribution < 1.29 is 19.2 Å². The number of halogens is 1. The summed E-state index contributed by atoms with van der Waals surface area (Å²) in [6, 6.07) is 26.8. The minimum Gasteiger partial charge on any atom is -0.490 e. The number of benzene rings is 4. The van der Waals surface area contributed by atoms with E-state index in [2.05, 4.69) is 43.4 Å². The number of carbonyl (C=O) groups is 1. The number of hydrazone groups is 1. The Hall–Kier alpha value is -4.82. The summed E-state index contributed by atoms with van der Waals surface area (Å²) in [5, 5.41) is 21.1. The Balaban J connectivity index is 1.19. The van der Waals surface area contributed by atoms with Gasteiger partial charge in [-0.2, -0.15) is 5.10 Å². The summed E-state index contributed by atoms with van der Waals surface area (Å²) >= 11 is 3.65. The van der Waals surface area contributed by atoms with Gasteiger partial charge >= 0.3 is 0 Å². The number of nitro benzene ring substituents is 1. The molecule has 5 aromatic rings. The van der Waals surface area contributed by atoms with Gasteiger partial charge in [-0.3, -0.25) is 14.9 Å². The van der Waals surface area contributed by atoms with E-state index < -0.39 is 4.92 Å². The number of carbonyl (C=O) groups excluding carboxylic acids is 1. The monoisotopic (exact) mass is 719 g/mol. The quantitative estimate of drug-likeness (QED) is 0.0583. The SMILES string of the molecule is CCOc1cc(/C=N\NC(=O)c2ccc(-c3csc(Nc4ccccc4)n3)cc2)cc(I)c1OCc1ccc([N+](=O)[O-])cc1. The molecule has 0 aliphatic heterocycles. The average Bonchev–Trinajstić information content (AvgIpc) is 3.50. The van der Waals surface area contributed by atoms with E-state index in [4.69, 9.17) is 9.47 Å². The van der Waals surface area contributed by atoms with Crippen molar-refractivity contribution in [3.05, 3.63) is 127 Å². The molecule has 0 saturated carbocycles. The lowest BCUT2D eigenvalue weighted by atomic mass is 10.1. The maximum Gasteiger partial charge on any atom is 0.271 e. The van der Waals surface area contributed by atoms with Gasteiger partial charge in [0.1, 0.15) is 6.61 Å². The van der Waals surface area contributed by atoms with Gasteiger partial charge in [-0.15, -0.1) is 11.3 Å². The lowest BCUT2D eigenvalue weighted by Crippen LogP contribution is -2.17. The highest BCUT2D eigenvalue weighted by atomic mass is 127. The van der Waals surface area contributed by atoms with Crippen LogP contribution in [0.1, 0.15) is 28.4 Å². The van der Waals surface area contributed by atoms with Gasteiger partial charge in [-0.05, 0) is 89.2 Å². The summed E-state index contributed by atoms with van der Waals surface area (Å²) in [5.74, 6) is 0.726. The molecule has 1 heterocycles. The van der Waals surface area contributed by atoms with E-state index in [1.54, 1.807) is 30.3 Å². The third-order valence-electron chi connectivity index (χ3n) is 6.21. The molecule has 0 saturated heterocycles. The fraction of sp³-hybridized carbons (Fsp3) is 0.0938. The van der Waals surface area contributed by atoms with Gasteiger partial charge in [0.25, 0.3) is 11.6 Å². The van der Waals surface area contributed by atoms with Gasteiger partial charge < -0.3 is 14.8 Å². The molecule has 0 radical (unpaired) electrons. The van der Waals surface area contributed by atoms with Gasteiger partial charge in [0.05, 0.1) is 27.0 Å². The first kappa shape index (κ1) is 30.6. The second-order valence-corrected chi connectivity index (χ2v) is 11.3. The molecule has 0 aliphatic carbocycles. The number of nitrogens with zero attached hydrogens (tertiary/aromatic N) is 3. The van der Waals surface area contributed by atoms with Crippen LogP contribution in [0.2, 0.25) is 0 Å².